The first-order valence-corrected chi connectivity index (χ1v) is 6.96. The molecule has 0 bridgehead atoms. The fraction of sp³-hybridized carbons (Fsp3) is 0.500. The van der Waals surface area contributed by atoms with Crippen LogP contribution in [-0.2, 0) is 11.3 Å². The average molecular weight is 329 g/mol. The molecule has 0 aliphatic rings. The minimum absolute atomic E-state index is 0.0293. The van der Waals surface area contributed by atoms with E-state index in [2.05, 4.69) is 33.5 Å². The minimum Gasteiger partial charge on any atom is -0.496 e. The highest BCUT2D eigenvalue weighted by Crippen LogP contribution is 2.35. The van der Waals surface area contributed by atoms with E-state index in [0.717, 1.165) is 26.9 Å². The van der Waals surface area contributed by atoms with Crippen molar-refractivity contribution >= 4 is 21.8 Å². The van der Waals surface area contributed by atoms with Crippen LogP contribution in [0, 0.1) is 20.8 Å². The molecule has 19 heavy (non-hydrogen) atoms. The SMILES string of the molecule is CNCC(=O)NCc1c(C)c(Br)c(C)c(C)c1OC. The first-order valence-electron chi connectivity index (χ1n) is 6.17. The van der Waals surface area contributed by atoms with Gasteiger partial charge in [-0.25, -0.2) is 0 Å². The van der Waals surface area contributed by atoms with Crippen molar-refractivity contribution < 1.29 is 9.53 Å². The molecule has 0 aliphatic heterocycles. The Bertz CT molecular complexity index is 487. The predicted octanol–water partition coefficient (Wildman–Crippen LogP) is 2.22. The zero-order valence-corrected chi connectivity index (χ0v) is 13.7. The molecule has 0 saturated heterocycles. The number of rotatable bonds is 5. The summed E-state index contributed by atoms with van der Waals surface area (Å²) in [5.74, 6) is 0.821. The molecular formula is C14H21BrN2O2. The first-order chi connectivity index (χ1) is 8.93. The van der Waals surface area contributed by atoms with Crippen LogP contribution in [0.2, 0.25) is 0 Å². The van der Waals surface area contributed by atoms with Crippen molar-refractivity contribution in [1.82, 2.24) is 10.6 Å². The number of carbonyl (C=O) groups excluding carboxylic acids is 1. The van der Waals surface area contributed by atoms with Crippen LogP contribution in [-0.4, -0.2) is 26.6 Å². The van der Waals surface area contributed by atoms with Crippen molar-refractivity contribution in [2.45, 2.75) is 27.3 Å². The van der Waals surface area contributed by atoms with E-state index >= 15 is 0 Å². The minimum atomic E-state index is -0.0293. The summed E-state index contributed by atoms with van der Waals surface area (Å²) in [4.78, 5) is 11.5. The lowest BCUT2D eigenvalue weighted by Gasteiger charge is -2.19. The molecule has 0 heterocycles. The van der Waals surface area contributed by atoms with Crippen LogP contribution in [0.4, 0.5) is 0 Å². The van der Waals surface area contributed by atoms with Crippen molar-refractivity contribution in [2.75, 3.05) is 20.7 Å². The molecule has 0 aromatic heterocycles. The van der Waals surface area contributed by atoms with Crippen LogP contribution < -0.4 is 15.4 Å². The van der Waals surface area contributed by atoms with E-state index in [1.165, 1.54) is 5.56 Å². The van der Waals surface area contributed by atoms with Crippen molar-refractivity contribution in [3.63, 3.8) is 0 Å². The molecule has 5 heteroatoms. The molecule has 0 unspecified atom stereocenters. The highest BCUT2D eigenvalue weighted by atomic mass is 79.9. The number of hydrogen-bond donors (Lipinski definition) is 2. The Morgan fingerprint density at radius 2 is 1.84 bits per heavy atom. The largest absolute Gasteiger partial charge is 0.496 e. The van der Waals surface area contributed by atoms with Gasteiger partial charge in [0.1, 0.15) is 5.75 Å². The number of carbonyl (C=O) groups is 1. The van der Waals surface area contributed by atoms with Crippen LogP contribution >= 0.6 is 15.9 Å². The van der Waals surface area contributed by atoms with E-state index in [-0.39, 0.29) is 5.91 Å². The van der Waals surface area contributed by atoms with E-state index in [0.29, 0.717) is 13.1 Å². The van der Waals surface area contributed by atoms with E-state index in [9.17, 15) is 4.79 Å². The highest BCUT2D eigenvalue weighted by molar-refractivity contribution is 9.10. The summed E-state index contributed by atoms with van der Waals surface area (Å²) in [5, 5.41) is 5.71. The van der Waals surface area contributed by atoms with Crippen molar-refractivity contribution in [2.24, 2.45) is 0 Å². The van der Waals surface area contributed by atoms with Crippen molar-refractivity contribution in [3.05, 3.63) is 26.7 Å². The molecule has 0 radical (unpaired) electrons. The van der Waals surface area contributed by atoms with Gasteiger partial charge in [0, 0.05) is 16.6 Å². The van der Waals surface area contributed by atoms with Crippen molar-refractivity contribution in [1.29, 1.82) is 0 Å². The van der Waals surface area contributed by atoms with Crippen LogP contribution in [0.5, 0.6) is 5.75 Å². The second-order valence-corrected chi connectivity index (χ2v) is 5.30. The fourth-order valence-electron chi connectivity index (χ4n) is 2.04. The predicted molar refractivity (Wildman–Crippen MR) is 80.7 cm³/mol. The Labute approximate surface area is 123 Å². The normalized spacial score (nSPS) is 10.4. The van der Waals surface area contributed by atoms with E-state index in [1.807, 2.05) is 13.8 Å². The summed E-state index contributed by atoms with van der Waals surface area (Å²) in [7, 11) is 3.41. The standard InChI is InChI=1S/C14H21BrN2O2/c1-8-9(2)14(19-5)11(10(3)13(8)15)6-17-12(18)7-16-4/h16H,6-7H2,1-5H3,(H,17,18). The van der Waals surface area contributed by atoms with Gasteiger partial charge < -0.3 is 15.4 Å². The fourth-order valence-corrected chi connectivity index (χ4v) is 2.58. The average Bonchev–Trinajstić information content (AvgIpc) is 2.39. The Hall–Kier alpha value is -1.07. The van der Waals surface area contributed by atoms with Gasteiger partial charge in [-0.05, 0) is 44.5 Å². The molecule has 0 spiro atoms. The zero-order valence-electron chi connectivity index (χ0n) is 12.1. The summed E-state index contributed by atoms with van der Waals surface area (Å²) >= 11 is 3.60. The van der Waals surface area contributed by atoms with E-state index in [4.69, 9.17) is 4.74 Å². The number of methoxy groups -OCH3 is 1. The quantitative estimate of drug-likeness (QED) is 0.871. The molecule has 2 N–H and O–H groups in total. The van der Waals surface area contributed by atoms with Crippen LogP contribution in [0.3, 0.4) is 0 Å². The summed E-state index contributed by atoms with van der Waals surface area (Å²) in [6.07, 6.45) is 0. The maximum Gasteiger partial charge on any atom is 0.234 e. The summed E-state index contributed by atoms with van der Waals surface area (Å²) < 4.78 is 6.57. The van der Waals surface area contributed by atoms with Gasteiger partial charge in [-0.15, -0.1) is 0 Å². The Balaban J connectivity index is 3.09. The first kappa shape index (κ1) is 16.0. The number of amides is 1. The van der Waals surface area contributed by atoms with Gasteiger partial charge in [-0.2, -0.15) is 0 Å². The van der Waals surface area contributed by atoms with Gasteiger partial charge >= 0.3 is 0 Å². The molecule has 1 aromatic carbocycles. The van der Waals surface area contributed by atoms with Crippen LogP contribution in [0.1, 0.15) is 22.3 Å². The number of ether oxygens (including phenoxy) is 1. The lowest BCUT2D eigenvalue weighted by atomic mass is 9.99. The molecule has 1 amide bonds. The summed E-state index contributed by atoms with van der Waals surface area (Å²) in [6, 6.07) is 0. The molecule has 4 nitrogen and oxygen atoms in total. The molecule has 1 rings (SSSR count). The van der Waals surface area contributed by atoms with Crippen LogP contribution in [0.25, 0.3) is 0 Å². The summed E-state index contributed by atoms with van der Waals surface area (Å²) in [6.45, 7) is 6.89. The molecule has 106 valence electrons. The number of likely N-dealkylation sites (N-methyl/N-ethyl adjacent to an activating group) is 1. The van der Waals surface area contributed by atoms with Gasteiger partial charge in [0.25, 0.3) is 0 Å². The Kier molecular flexibility index (Phi) is 5.82. The molecule has 0 fully saturated rings. The third kappa shape index (κ3) is 3.48. The topological polar surface area (TPSA) is 50.4 Å². The molecule has 1 aromatic rings. The molecule has 0 saturated carbocycles. The summed E-state index contributed by atoms with van der Waals surface area (Å²) in [5.41, 5.74) is 4.38. The van der Waals surface area contributed by atoms with E-state index < -0.39 is 0 Å². The molecule has 0 aliphatic carbocycles. The lowest BCUT2D eigenvalue weighted by Crippen LogP contribution is -2.32. The second kappa shape index (κ2) is 6.91. The highest BCUT2D eigenvalue weighted by Gasteiger charge is 2.16. The zero-order chi connectivity index (χ0) is 14.6. The molecule has 0 atom stereocenters. The van der Waals surface area contributed by atoms with Crippen molar-refractivity contribution in [3.8, 4) is 5.75 Å². The third-order valence-corrected chi connectivity index (χ3v) is 4.48. The lowest BCUT2D eigenvalue weighted by molar-refractivity contribution is -0.120. The Morgan fingerprint density at radius 1 is 1.21 bits per heavy atom. The third-order valence-electron chi connectivity index (χ3n) is 3.29. The van der Waals surface area contributed by atoms with Crippen LogP contribution in [0.15, 0.2) is 4.47 Å². The van der Waals surface area contributed by atoms with Gasteiger partial charge in [0.05, 0.1) is 13.7 Å². The monoisotopic (exact) mass is 328 g/mol. The number of benzene rings is 1. The maximum absolute atomic E-state index is 11.5. The molecular weight excluding hydrogens is 308 g/mol. The van der Waals surface area contributed by atoms with Gasteiger partial charge in [-0.3, -0.25) is 4.79 Å². The van der Waals surface area contributed by atoms with E-state index in [1.54, 1.807) is 14.2 Å². The Morgan fingerprint density at radius 3 is 2.37 bits per heavy atom. The van der Waals surface area contributed by atoms with Gasteiger partial charge in [0.2, 0.25) is 5.91 Å². The maximum atomic E-state index is 11.5. The smallest absolute Gasteiger partial charge is 0.234 e. The second-order valence-electron chi connectivity index (χ2n) is 4.51. The van der Waals surface area contributed by atoms with Gasteiger partial charge in [-0.1, -0.05) is 15.9 Å². The number of nitrogens with one attached hydrogen (secondary N) is 2. The van der Waals surface area contributed by atoms with Gasteiger partial charge in [0.15, 0.2) is 0 Å². The number of hydrogen-bond acceptors (Lipinski definition) is 3. The number of halogens is 1.